The molecule has 0 bridgehead atoms. The van der Waals surface area contributed by atoms with E-state index in [2.05, 4.69) is 10.3 Å². The summed E-state index contributed by atoms with van der Waals surface area (Å²) in [6.07, 6.45) is 3.19. The zero-order valence-electron chi connectivity index (χ0n) is 12.2. The first-order chi connectivity index (χ1) is 10.9. The molecule has 1 aromatic carbocycles. The monoisotopic (exact) mass is 352 g/mol. The maximum atomic E-state index is 12.3. The van der Waals surface area contributed by atoms with E-state index in [-0.39, 0.29) is 33.5 Å². The van der Waals surface area contributed by atoms with Crippen LogP contribution in [0, 0.1) is 0 Å². The molecule has 0 aliphatic rings. The molecule has 7 heteroatoms. The first-order valence-electron chi connectivity index (χ1n) is 6.71. The Labute approximate surface area is 143 Å². The van der Waals surface area contributed by atoms with Crippen molar-refractivity contribution in [3.63, 3.8) is 0 Å². The van der Waals surface area contributed by atoms with E-state index in [0.29, 0.717) is 12.0 Å². The Morgan fingerprint density at radius 3 is 2.48 bits per heavy atom. The van der Waals surface area contributed by atoms with E-state index in [1.807, 2.05) is 0 Å². The Balaban J connectivity index is 2.41. The molecule has 0 saturated carbocycles. The summed E-state index contributed by atoms with van der Waals surface area (Å²) in [5, 5.41) is 13.6. The average Bonchev–Trinajstić information content (AvgIpc) is 2.51. The Kier molecular flexibility index (Phi) is 5.36. The van der Waals surface area contributed by atoms with Gasteiger partial charge in [-0.2, -0.15) is 0 Å². The van der Waals surface area contributed by atoms with Gasteiger partial charge in [0.2, 0.25) is 6.41 Å². The number of hydrogen-bond acceptors (Lipinski definition) is 4. The minimum Gasteiger partial charge on any atom is -0.385 e. The largest absolute Gasteiger partial charge is 0.385 e. The van der Waals surface area contributed by atoms with Gasteiger partial charge in [-0.1, -0.05) is 23.2 Å². The molecular formula is C16H14Cl2N2O3. The van der Waals surface area contributed by atoms with Crippen LogP contribution in [0.3, 0.4) is 0 Å². The molecule has 2 N–H and O–H groups in total. The molecule has 1 atom stereocenters. The molecule has 1 unspecified atom stereocenters. The van der Waals surface area contributed by atoms with Crippen LogP contribution in [-0.2, 0) is 10.4 Å². The summed E-state index contributed by atoms with van der Waals surface area (Å²) in [4.78, 5) is 27.0. The second-order valence-corrected chi connectivity index (χ2v) is 5.97. The predicted octanol–water partition coefficient (Wildman–Crippen LogP) is 3.44. The molecule has 120 valence electrons. The smallest absolute Gasteiger partial charge is 0.211 e. The van der Waals surface area contributed by atoms with Gasteiger partial charge in [-0.25, -0.2) is 0 Å². The third kappa shape index (κ3) is 3.88. The van der Waals surface area contributed by atoms with E-state index in [9.17, 15) is 14.7 Å². The number of carbonyl (C=O) groups is 2. The van der Waals surface area contributed by atoms with Crippen LogP contribution in [0.2, 0.25) is 10.0 Å². The highest BCUT2D eigenvalue weighted by Crippen LogP contribution is 2.40. The van der Waals surface area contributed by atoms with Gasteiger partial charge in [-0.05, 0) is 31.2 Å². The van der Waals surface area contributed by atoms with Crippen molar-refractivity contribution >= 4 is 41.1 Å². The summed E-state index contributed by atoms with van der Waals surface area (Å²) < 4.78 is 0. The fourth-order valence-electron chi connectivity index (χ4n) is 2.32. The number of anilines is 1. The van der Waals surface area contributed by atoms with Crippen molar-refractivity contribution in [3.05, 3.63) is 57.8 Å². The maximum absolute atomic E-state index is 12.3. The number of halogens is 2. The molecule has 23 heavy (non-hydrogen) atoms. The van der Waals surface area contributed by atoms with E-state index >= 15 is 0 Å². The van der Waals surface area contributed by atoms with Crippen LogP contribution in [0.1, 0.15) is 29.3 Å². The quantitative estimate of drug-likeness (QED) is 0.616. The fourth-order valence-corrected chi connectivity index (χ4v) is 2.89. The van der Waals surface area contributed by atoms with E-state index in [4.69, 9.17) is 23.2 Å². The van der Waals surface area contributed by atoms with Gasteiger partial charge >= 0.3 is 0 Å². The number of rotatable bonds is 6. The van der Waals surface area contributed by atoms with Gasteiger partial charge in [0.15, 0.2) is 5.78 Å². The van der Waals surface area contributed by atoms with Gasteiger partial charge in [0.05, 0.1) is 16.3 Å². The van der Waals surface area contributed by atoms with Crippen LogP contribution in [0.4, 0.5) is 5.69 Å². The molecule has 0 saturated heterocycles. The molecule has 0 aliphatic carbocycles. The molecule has 0 fully saturated rings. The zero-order valence-corrected chi connectivity index (χ0v) is 13.7. The zero-order chi connectivity index (χ0) is 17.0. The van der Waals surface area contributed by atoms with Crippen LogP contribution < -0.4 is 5.32 Å². The maximum Gasteiger partial charge on any atom is 0.211 e. The number of ketones is 1. The summed E-state index contributed by atoms with van der Waals surface area (Å²) in [6.45, 7) is 1.44. The van der Waals surface area contributed by atoms with Crippen molar-refractivity contribution in [1.29, 1.82) is 0 Å². The molecule has 1 amide bonds. The van der Waals surface area contributed by atoms with Gasteiger partial charge in [-0.15, -0.1) is 0 Å². The van der Waals surface area contributed by atoms with Crippen molar-refractivity contribution in [1.82, 2.24) is 4.98 Å². The highest BCUT2D eigenvalue weighted by atomic mass is 35.5. The second-order valence-electron chi connectivity index (χ2n) is 5.15. The SMILES string of the molecule is CC(O)(CC(=O)c1ccncc1)c1c(Cl)ccc(Cl)c1NC=O. The normalized spacial score (nSPS) is 13.2. The van der Waals surface area contributed by atoms with Crippen LogP contribution in [0.5, 0.6) is 0 Å². The minimum atomic E-state index is -1.62. The van der Waals surface area contributed by atoms with E-state index in [0.717, 1.165) is 0 Å². The molecule has 5 nitrogen and oxygen atoms in total. The van der Waals surface area contributed by atoms with Gasteiger partial charge in [0.1, 0.15) is 0 Å². The summed E-state index contributed by atoms with van der Waals surface area (Å²) >= 11 is 12.2. The third-order valence-electron chi connectivity index (χ3n) is 3.35. The number of nitrogens with zero attached hydrogens (tertiary/aromatic N) is 1. The number of aliphatic hydroxyl groups is 1. The highest BCUT2D eigenvalue weighted by molar-refractivity contribution is 6.36. The fraction of sp³-hybridized carbons (Fsp3) is 0.188. The standard InChI is InChI=1S/C16H14Cl2N2O3/c1-16(23,8-13(22)10-4-6-19-7-5-10)14-11(17)2-3-12(18)15(14)20-9-21/h2-7,9,23H,8H2,1H3,(H,20,21). The van der Waals surface area contributed by atoms with Gasteiger partial charge in [0.25, 0.3) is 0 Å². The lowest BCUT2D eigenvalue weighted by molar-refractivity contribution is -0.105. The Morgan fingerprint density at radius 1 is 1.26 bits per heavy atom. The van der Waals surface area contributed by atoms with Crippen molar-refractivity contribution < 1.29 is 14.7 Å². The van der Waals surface area contributed by atoms with Gasteiger partial charge < -0.3 is 10.4 Å². The molecular weight excluding hydrogens is 339 g/mol. The van der Waals surface area contributed by atoms with E-state index < -0.39 is 5.60 Å². The summed E-state index contributed by atoms with van der Waals surface area (Å²) in [6, 6.07) is 6.12. The first-order valence-corrected chi connectivity index (χ1v) is 7.46. The Morgan fingerprint density at radius 2 is 1.87 bits per heavy atom. The molecule has 0 aliphatic heterocycles. The van der Waals surface area contributed by atoms with Crippen LogP contribution in [0.15, 0.2) is 36.7 Å². The predicted molar refractivity (Wildman–Crippen MR) is 88.9 cm³/mol. The number of nitrogens with one attached hydrogen (secondary N) is 1. The summed E-state index contributed by atoms with van der Waals surface area (Å²) in [7, 11) is 0. The topological polar surface area (TPSA) is 79.3 Å². The third-order valence-corrected chi connectivity index (χ3v) is 3.98. The number of benzene rings is 1. The first kappa shape index (κ1) is 17.4. The molecule has 1 heterocycles. The molecule has 2 rings (SSSR count). The number of pyridine rings is 1. The van der Waals surface area contributed by atoms with Crippen molar-refractivity contribution in [3.8, 4) is 0 Å². The van der Waals surface area contributed by atoms with Crippen LogP contribution in [-0.4, -0.2) is 22.3 Å². The number of aromatic nitrogens is 1. The lowest BCUT2D eigenvalue weighted by Gasteiger charge is -2.27. The van der Waals surface area contributed by atoms with Crippen LogP contribution in [0.25, 0.3) is 0 Å². The average molecular weight is 353 g/mol. The summed E-state index contributed by atoms with van der Waals surface area (Å²) in [5.41, 5.74) is -0.820. The molecule has 0 spiro atoms. The van der Waals surface area contributed by atoms with Gasteiger partial charge in [-0.3, -0.25) is 14.6 Å². The lowest BCUT2D eigenvalue weighted by atomic mass is 9.87. The van der Waals surface area contributed by atoms with Crippen molar-refractivity contribution in [2.24, 2.45) is 0 Å². The second kappa shape index (κ2) is 7.08. The molecule has 1 aromatic heterocycles. The van der Waals surface area contributed by atoms with E-state index in [1.165, 1.54) is 31.5 Å². The highest BCUT2D eigenvalue weighted by Gasteiger charge is 2.33. The Bertz CT molecular complexity index is 734. The Hall–Kier alpha value is -1.95. The van der Waals surface area contributed by atoms with E-state index in [1.54, 1.807) is 12.1 Å². The number of hydrogen-bond donors (Lipinski definition) is 2. The molecule has 2 aromatic rings. The van der Waals surface area contributed by atoms with Crippen molar-refractivity contribution in [2.45, 2.75) is 18.9 Å². The van der Waals surface area contributed by atoms with Crippen molar-refractivity contribution in [2.75, 3.05) is 5.32 Å². The number of amides is 1. The van der Waals surface area contributed by atoms with Crippen LogP contribution >= 0.6 is 23.2 Å². The number of carbonyl (C=O) groups excluding carboxylic acids is 2. The molecule has 0 radical (unpaired) electrons. The number of Topliss-reactive ketones (excluding diaryl/α,β-unsaturated/α-hetero) is 1. The minimum absolute atomic E-state index is 0.182. The lowest BCUT2D eigenvalue weighted by Crippen LogP contribution is -2.27. The summed E-state index contributed by atoms with van der Waals surface area (Å²) in [5.74, 6) is -0.287. The van der Waals surface area contributed by atoms with Gasteiger partial charge in [0, 0.05) is 35.0 Å².